The molecule has 0 aromatic heterocycles. The average molecular weight is 227 g/mol. The molecule has 1 unspecified atom stereocenters. The van der Waals surface area contributed by atoms with E-state index >= 15 is 0 Å². The van der Waals surface area contributed by atoms with Gasteiger partial charge in [-0.3, -0.25) is 0 Å². The predicted molar refractivity (Wildman–Crippen MR) is 69.9 cm³/mol. The molecule has 0 saturated heterocycles. The van der Waals surface area contributed by atoms with E-state index in [9.17, 15) is 5.11 Å². The van der Waals surface area contributed by atoms with Crippen LogP contribution in [-0.4, -0.2) is 5.11 Å². The zero-order valence-electron chi connectivity index (χ0n) is 9.93. The zero-order chi connectivity index (χ0) is 12.3. The lowest BCUT2D eigenvalue weighted by Gasteiger charge is -2.15. The second-order valence-electron chi connectivity index (χ2n) is 4.34. The molecule has 2 aromatic carbocycles. The van der Waals surface area contributed by atoms with E-state index in [1.54, 1.807) is 12.1 Å². The van der Waals surface area contributed by atoms with Crippen LogP contribution in [0.1, 0.15) is 22.7 Å². The second kappa shape index (κ2) is 5.02. The number of benzene rings is 2. The number of aromatic hydroxyl groups is 1. The van der Waals surface area contributed by atoms with Crippen LogP contribution in [0.4, 0.5) is 0 Å². The minimum atomic E-state index is -0.0296. The van der Waals surface area contributed by atoms with Gasteiger partial charge in [0.25, 0.3) is 0 Å². The molecule has 0 aliphatic carbocycles. The van der Waals surface area contributed by atoms with Gasteiger partial charge in [-0.1, -0.05) is 36.4 Å². The van der Waals surface area contributed by atoms with Gasteiger partial charge in [-0.15, -0.1) is 0 Å². The maximum atomic E-state index is 9.37. The van der Waals surface area contributed by atoms with Crippen LogP contribution in [0.3, 0.4) is 0 Å². The van der Waals surface area contributed by atoms with Crippen molar-refractivity contribution >= 4 is 0 Å². The van der Waals surface area contributed by atoms with Crippen LogP contribution in [-0.2, 0) is 6.42 Å². The summed E-state index contributed by atoms with van der Waals surface area (Å²) in [6.45, 7) is 1.97. The van der Waals surface area contributed by atoms with Crippen molar-refractivity contribution in [3.8, 4) is 5.75 Å². The van der Waals surface area contributed by atoms with Gasteiger partial charge in [-0.05, 0) is 42.2 Å². The maximum Gasteiger partial charge on any atom is 0.115 e. The quantitative estimate of drug-likeness (QED) is 0.846. The van der Waals surface area contributed by atoms with Crippen LogP contribution in [0.15, 0.2) is 48.5 Å². The lowest BCUT2D eigenvalue weighted by molar-refractivity contribution is 0.474. The fourth-order valence-electron chi connectivity index (χ4n) is 2.05. The highest BCUT2D eigenvalue weighted by Crippen LogP contribution is 2.22. The molecule has 2 heteroatoms. The molecule has 88 valence electrons. The van der Waals surface area contributed by atoms with Crippen molar-refractivity contribution < 1.29 is 5.11 Å². The van der Waals surface area contributed by atoms with E-state index in [1.165, 1.54) is 5.56 Å². The third-order valence-electron chi connectivity index (χ3n) is 2.95. The molecule has 0 radical (unpaired) electrons. The molecule has 17 heavy (non-hydrogen) atoms. The first kappa shape index (κ1) is 11.7. The van der Waals surface area contributed by atoms with Gasteiger partial charge in [0.1, 0.15) is 5.75 Å². The van der Waals surface area contributed by atoms with Gasteiger partial charge in [0.2, 0.25) is 0 Å². The molecule has 0 aliphatic heterocycles. The Bertz CT molecular complexity index is 494. The number of hydrogen-bond donors (Lipinski definition) is 2. The van der Waals surface area contributed by atoms with Gasteiger partial charge in [0.15, 0.2) is 0 Å². The van der Waals surface area contributed by atoms with Gasteiger partial charge in [0, 0.05) is 6.04 Å². The summed E-state index contributed by atoms with van der Waals surface area (Å²) in [5, 5.41) is 9.37. The van der Waals surface area contributed by atoms with E-state index in [0.29, 0.717) is 0 Å². The normalized spacial score (nSPS) is 12.4. The second-order valence-corrected chi connectivity index (χ2v) is 4.34. The molecule has 0 amide bonds. The fraction of sp³-hybridized carbons (Fsp3) is 0.200. The number of rotatable bonds is 3. The monoisotopic (exact) mass is 227 g/mol. The van der Waals surface area contributed by atoms with E-state index < -0.39 is 0 Å². The van der Waals surface area contributed by atoms with E-state index in [1.807, 2.05) is 31.2 Å². The third kappa shape index (κ3) is 2.86. The molecule has 2 aromatic rings. The Morgan fingerprint density at radius 1 is 1.12 bits per heavy atom. The van der Waals surface area contributed by atoms with Gasteiger partial charge in [0.05, 0.1) is 0 Å². The van der Waals surface area contributed by atoms with Crippen molar-refractivity contribution in [2.24, 2.45) is 5.73 Å². The maximum absolute atomic E-state index is 9.37. The first-order valence-electron chi connectivity index (χ1n) is 5.76. The molecule has 0 saturated carbocycles. The Kier molecular flexibility index (Phi) is 3.45. The highest BCUT2D eigenvalue weighted by atomic mass is 16.3. The Morgan fingerprint density at radius 3 is 2.47 bits per heavy atom. The molecule has 2 rings (SSSR count). The summed E-state index contributed by atoms with van der Waals surface area (Å²) in [4.78, 5) is 0. The molecule has 3 N–H and O–H groups in total. The van der Waals surface area contributed by atoms with Crippen LogP contribution >= 0.6 is 0 Å². The summed E-state index contributed by atoms with van der Waals surface area (Å²) in [6, 6.07) is 15.5. The van der Waals surface area contributed by atoms with Crippen LogP contribution < -0.4 is 5.73 Å². The van der Waals surface area contributed by atoms with Crippen LogP contribution in [0.25, 0.3) is 0 Å². The molecule has 0 spiro atoms. The molecule has 1 atom stereocenters. The number of phenols is 1. The van der Waals surface area contributed by atoms with Gasteiger partial charge >= 0.3 is 0 Å². The summed E-state index contributed by atoms with van der Waals surface area (Å²) < 4.78 is 0. The average Bonchev–Trinajstić information content (AvgIpc) is 2.30. The van der Waals surface area contributed by atoms with Crippen molar-refractivity contribution in [1.82, 2.24) is 0 Å². The lowest BCUT2D eigenvalue weighted by atomic mass is 9.96. The number of aryl methyl sites for hydroxylation is 1. The highest BCUT2D eigenvalue weighted by molar-refractivity contribution is 5.36. The molecule has 0 bridgehead atoms. The summed E-state index contributed by atoms with van der Waals surface area (Å²) in [5.41, 5.74) is 9.55. The minimum Gasteiger partial charge on any atom is -0.508 e. The van der Waals surface area contributed by atoms with E-state index in [4.69, 9.17) is 5.73 Å². The van der Waals surface area contributed by atoms with Gasteiger partial charge < -0.3 is 10.8 Å². The molecule has 2 nitrogen and oxygen atoms in total. The molecule has 0 heterocycles. The lowest BCUT2D eigenvalue weighted by Crippen LogP contribution is -2.14. The smallest absolute Gasteiger partial charge is 0.115 e. The predicted octanol–water partition coefficient (Wildman–Crippen LogP) is 2.94. The number of hydrogen-bond acceptors (Lipinski definition) is 2. The van der Waals surface area contributed by atoms with Crippen molar-refractivity contribution in [1.29, 1.82) is 0 Å². The van der Waals surface area contributed by atoms with Crippen LogP contribution in [0.2, 0.25) is 0 Å². The molecular formula is C15H17NO. The Balaban J connectivity index is 2.17. The highest BCUT2D eigenvalue weighted by Gasteiger charge is 2.09. The SMILES string of the molecule is Cc1cc(O)ccc1C(N)Cc1ccccc1. The Labute approximate surface area is 102 Å². The van der Waals surface area contributed by atoms with Crippen LogP contribution in [0, 0.1) is 6.92 Å². The standard InChI is InChI=1S/C15H17NO/c1-11-9-13(17)7-8-14(11)15(16)10-12-5-3-2-4-6-12/h2-9,15,17H,10,16H2,1H3. The fourth-order valence-corrected chi connectivity index (χ4v) is 2.05. The first-order valence-corrected chi connectivity index (χ1v) is 5.76. The molecule has 0 aliphatic rings. The summed E-state index contributed by atoms with van der Waals surface area (Å²) in [7, 11) is 0. The topological polar surface area (TPSA) is 46.2 Å². The van der Waals surface area contributed by atoms with Crippen LogP contribution in [0.5, 0.6) is 5.75 Å². The summed E-state index contributed by atoms with van der Waals surface area (Å²) >= 11 is 0. The van der Waals surface area contributed by atoms with E-state index in [0.717, 1.165) is 17.5 Å². The third-order valence-corrected chi connectivity index (χ3v) is 2.95. The van der Waals surface area contributed by atoms with Crippen molar-refractivity contribution in [2.75, 3.05) is 0 Å². The van der Waals surface area contributed by atoms with Crippen molar-refractivity contribution in [3.05, 3.63) is 65.2 Å². The van der Waals surface area contributed by atoms with Gasteiger partial charge in [-0.2, -0.15) is 0 Å². The minimum absolute atomic E-state index is 0.0296. The number of phenolic OH excluding ortho intramolecular Hbond substituents is 1. The largest absolute Gasteiger partial charge is 0.508 e. The Hall–Kier alpha value is -1.80. The number of nitrogens with two attached hydrogens (primary N) is 1. The van der Waals surface area contributed by atoms with E-state index in [2.05, 4.69) is 12.1 Å². The zero-order valence-corrected chi connectivity index (χ0v) is 9.93. The molecular weight excluding hydrogens is 210 g/mol. The summed E-state index contributed by atoms with van der Waals surface area (Å²) in [5.74, 6) is 0.290. The van der Waals surface area contributed by atoms with Crippen molar-refractivity contribution in [3.63, 3.8) is 0 Å². The van der Waals surface area contributed by atoms with Gasteiger partial charge in [-0.25, -0.2) is 0 Å². The molecule has 0 fully saturated rings. The first-order chi connectivity index (χ1) is 8.16. The van der Waals surface area contributed by atoms with Crippen molar-refractivity contribution in [2.45, 2.75) is 19.4 Å². The Morgan fingerprint density at radius 2 is 1.82 bits per heavy atom. The van der Waals surface area contributed by atoms with E-state index in [-0.39, 0.29) is 11.8 Å². The summed E-state index contributed by atoms with van der Waals surface area (Å²) in [6.07, 6.45) is 0.812.